The van der Waals surface area contributed by atoms with Crippen molar-refractivity contribution in [2.45, 2.75) is 393 Å². The molecular formula is C72H140O17P2. The monoisotopic (exact) mass is 1340 g/mol. The Morgan fingerprint density at radius 2 is 0.505 bits per heavy atom. The highest BCUT2D eigenvalue weighted by Gasteiger charge is 2.30. The molecule has 0 amide bonds. The summed E-state index contributed by atoms with van der Waals surface area (Å²) < 4.78 is 68.4. The summed E-state index contributed by atoms with van der Waals surface area (Å²) in [6.45, 7) is 7.22. The Morgan fingerprint density at radius 1 is 0.297 bits per heavy atom. The highest BCUT2D eigenvalue weighted by atomic mass is 31.2. The van der Waals surface area contributed by atoms with E-state index in [1.54, 1.807) is 0 Å². The first kappa shape index (κ1) is 89.1. The van der Waals surface area contributed by atoms with Crippen LogP contribution in [0.4, 0.5) is 0 Å². The highest BCUT2D eigenvalue weighted by Crippen LogP contribution is 2.45. The summed E-state index contributed by atoms with van der Waals surface area (Å²) in [4.78, 5) is 72.6. The minimum absolute atomic E-state index is 0.105. The lowest BCUT2D eigenvalue weighted by Gasteiger charge is -2.21. The molecule has 0 aliphatic rings. The van der Waals surface area contributed by atoms with Crippen LogP contribution in [0.15, 0.2) is 0 Å². The van der Waals surface area contributed by atoms with Crippen molar-refractivity contribution in [3.8, 4) is 0 Å². The van der Waals surface area contributed by atoms with Crippen LogP contribution in [0.1, 0.15) is 375 Å². The molecule has 0 radical (unpaired) electrons. The minimum Gasteiger partial charge on any atom is -0.462 e. The third kappa shape index (κ3) is 66.5. The number of rotatable bonds is 72. The number of phosphoric acid groups is 2. The molecule has 17 nitrogen and oxygen atoms in total. The van der Waals surface area contributed by atoms with Gasteiger partial charge in [0, 0.05) is 25.7 Å². The fraction of sp³-hybridized carbons (Fsp3) is 0.944. The fourth-order valence-corrected chi connectivity index (χ4v) is 12.6. The standard InChI is InChI=1S/C72H140O17P2/c1-6-9-12-15-18-21-24-26-27-28-29-30-33-36-42-47-52-57-71(76)88-67(61-83-70(75)56-51-46-41-35-32-25-22-19-16-13-10-7-2)63-86-90(78,79)84-59-66(73)60-85-91(80,81)87-64-68(89-72(77)58-53-48-43-38-37-39-44-49-54-65(4)5)62-82-69(74)55-50-45-40-34-31-23-20-17-14-11-8-3/h65-68,73H,6-64H2,1-5H3,(H,78,79)(H,80,81)/t66-,67-,68-/m1/s1. The maximum atomic E-state index is 13.0. The van der Waals surface area contributed by atoms with Crippen molar-refractivity contribution in [3.63, 3.8) is 0 Å². The van der Waals surface area contributed by atoms with E-state index in [1.807, 2.05) is 0 Å². The topological polar surface area (TPSA) is 237 Å². The predicted molar refractivity (Wildman–Crippen MR) is 368 cm³/mol. The Labute approximate surface area is 556 Å². The molecule has 0 spiro atoms. The van der Waals surface area contributed by atoms with E-state index in [-0.39, 0.29) is 25.7 Å². The van der Waals surface area contributed by atoms with E-state index in [1.165, 1.54) is 199 Å². The van der Waals surface area contributed by atoms with E-state index in [2.05, 4.69) is 34.6 Å². The maximum absolute atomic E-state index is 13.0. The Hall–Kier alpha value is -1.94. The van der Waals surface area contributed by atoms with Gasteiger partial charge in [-0.15, -0.1) is 0 Å². The Bertz CT molecular complexity index is 1750. The van der Waals surface area contributed by atoms with Crippen molar-refractivity contribution >= 4 is 39.5 Å². The predicted octanol–water partition coefficient (Wildman–Crippen LogP) is 20.9. The van der Waals surface area contributed by atoms with Gasteiger partial charge in [0.1, 0.15) is 19.3 Å². The van der Waals surface area contributed by atoms with Gasteiger partial charge >= 0.3 is 39.5 Å². The summed E-state index contributed by atoms with van der Waals surface area (Å²) in [7, 11) is -9.90. The molecule has 2 unspecified atom stereocenters. The van der Waals surface area contributed by atoms with Crippen LogP contribution in [-0.2, 0) is 65.4 Å². The third-order valence-electron chi connectivity index (χ3n) is 16.8. The number of hydrogen-bond acceptors (Lipinski definition) is 15. The molecule has 0 aromatic rings. The van der Waals surface area contributed by atoms with Gasteiger partial charge in [0.2, 0.25) is 0 Å². The molecule has 540 valence electrons. The summed E-state index contributed by atoms with van der Waals surface area (Å²) in [6, 6.07) is 0. The highest BCUT2D eigenvalue weighted by molar-refractivity contribution is 7.47. The van der Waals surface area contributed by atoms with Gasteiger partial charge in [0.25, 0.3) is 0 Å². The van der Waals surface area contributed by atoms with Crippen LogP contribution in [0.25, 0.3) is 0 Å². The normalized spacial score (nSPS) is 14.0. The van der Waals surface area contributed by atoms with E-state index in [0.717, 1.165) is 95.8 Å². The molecule has 0 rings (SSSR count). The van der Waals surface area contributed by atoms with Crippen LogP contribution < -0.4 is 0 Å². The molecule has 0 aromatic heterocycles. The summed E-state index contributed by atoms with van der Waals surface area (Å²) in [6.07, 6.45) is 52.6. The van der Waals surface area contributed by atoms with Crippen LogP contribution in [0.5, 0.6) is 0 Å². The van der Waals surface area contributed by atoms with Crippen molar-refractivity contribution in [1.29, 1.82) is 0 Å². The number of carbonyl (C=O) groups excluding carboxylic acids is 4. The lowest BCUT2D eigenvalue weighted by Crippen LogP contribution is -2.30. The SMILES string of the molecule is CCCCCCCCCCCCCCCCCCCC(=O)O[C@H](COC(=O)CCCCCCCCCCCCCC)COP(=O)(O)OC[C@@H](O)COP(=O)(O)OC[C@@H](COC(=O)CCCCCCCCCCCCC)OC(=O)CCCCCCCCCCC(C)C. The quantitative estimate of drug-likeness (QED) is 0.0222. The zero-order valence-corrected chi connectivity index (χ0v) is 60.8. The molecule has 0 saturated heterocycles. The van der Waals surface area contributed by atoms with Gasteiger partial charge in [-0.2, -0.15) is 0 Å². The molecule has 3 N–H and O–H groups in total. The van der Waals surface area contributed by atoms with Gasteiger partial charge in [-0.3, -0.25) is 37.3 Å². The van der Waals surface area contributed by atoms with E-state index < -0.39 is 97.5 Å². The van der Waals surface area contributed by atoms with E-state index >= 15 is 0 Å². The zero-order chi connectivity index (χ0) is 67.0. The number of aliphatic hydroxyl groups is 1. The first-order valence-corrected chi connectivity index (χ1v) is 40.6. The molecule has 0 fully saturated rings. The average molecular weight is 1340 g/mol. The van der Waals surface area contributed by atoms with Crippen molar-refractivity contribution in [1.82, 2.24) is 0 Å². The second kappa shape index (κ2) is 65.4. The minimum atomic E-state index is -4.95. The van der Waals surface area contributed by atoms with Crippen LogP contribution in [0.3, 0.4) is 0 Å². The molecule has 0 aliphatic heterocycles. The Kier molecular flexibility index (Phi) is 64.0. The molecule has 0 heterocycles. The summed E-state index contributed by atoms with van der Waals surface area (Å²) in [5.74, 6) is -1.40. The first-order chi connectivity index (χ1) is 44.0. The lowest BCUT2D eigenvalue weighted by atomic mass is 10.0. The molecule has 19 heteroatoms. The number of phosphoric ester groups is 2. The van der Waals surface area contributed by atoms with Crippen molar-refractivity contribution < 1.29 is 80.2 Å². The van der Waals surface area contributed by atoms with Gasteiger partial charge in [-0.05, 0) is 31.6 Å². The van der Waals surface area contributed by atoms with Crippen molar-refractivity contribution in [3.05, 3.63) is 0 Å². The van der Waals surface area contributed by atoms with E-state index in [4.69, 9.17) is 37.0 Å². The summed E-state index contributed by atoms with van der Waals surface area (Å²) in [5, 5.41) is 10.6. The van der Waals surface area contributed by atoms with E-state index in [9.17, 15) is 43.2 Å². The average Bonchev–Trinajstić information content (AvgIpc) is 3.45. The fourth-order valence-electron chi connectivity index (χ4n) is 11.0. The summed E-state index contributed by atoms with van der Waals surface area (Å²) in [5.41, 5.74) is 0. The second-order valence-corrected chi connectivity index (χ2v) is 29.4. The number of esters is 4. The van der Waals surface area contributed by atoms with E-state index in [0.29, 0.717) is 25.7 Å². The number of ether oxygens (including phenoxy) is 4. The van der Waals surface area contributed by atoms with Gasteiger partial charge in [-0.1, -0.05) is 324 Å². The first-order valence-electron chi connectivity index (χ1n) is 37.6. The number of unbranched alkanes of at least 4 members (excludes halogenated alkanes) is 44. The smallest absolute Gasteiger partial charge is 0.462 e. The molecule has 0 aromatic carbocycles. The van der Waals surface area contributed by atoms with Crippen molar-refractivity contribution in [2.24, 2.45) is 5.92 Å². The van der Waals surface area contributed by atoms with Crippen LogP contribution in [0.2, 0.25) is 0 Å². The largest absolute Gasteiger partial charge is 0.472 e. The van der Waals surface area contributed by atoms with Crippen LogP contribution >= 0.6 is 15.6 Å². The third-order valence-corrected chi connectivity index (χ3v) is 18.7. The van der Waals surface area contributed by atoms with Gasteiger partial charge < -0.3 is 33.8 Å². The Morgan fingerprint density at radius 3 is 0.747 bits per heavy atom. The molecular weight excluding hydrogens is 1200 g/mol. The molecule has 5 atom stereocenters. The molecule has 0 aliphatic carbocycles. The van der Waals surface area contributed by atoms with Crippen LogP contribution in [0, 0.1) is 5.92 Å². The second-order valence-electron chi connectivity index (χ2n) is 26.5. The van der Waals surface area contributed by atoms with Crippen molar-refractivity contribution in [2.75, 3.05) is 39.6 Å². The molecule has 0 saturated carbocycles. The number of hydrogen-bond donors (Lipinski definition) is 3. The van der Waals surface area contributed by atoms with Gasteiger partial charge in [0.05, 0.1) is 26.4 Å². The lowest BCUT2D eigenvalue weighted by molar-refractivity contribution is -0.161. The molecule has 0 bridgehead atoms. The number of carbonyl (C=O) groups is 4. The van der Waals surface area contributed by atoms with Crippen LogP contribution in [-0.4, -0.2) is 96.7 Å². The maximum Gasteiger partial charge on any atom is 0.472 e. The Balaban J connectivity index is 5.23. The van der Waals surface area contributed by atoms with Gasteiger partial charge in [0.15, 0.2) is 12.2 Å². The van der Waals surface area contributed by atoms with Gasteiger partial charge in [-0.25, -0.2) is 9.13 Å². The number of aliphatic hydroxyl groups excluding tert-OH is 1. The molecule has 91 heavy (non-hydrogen) atoms. The zero-order valence-electron chi connectivity index (χ0n) is 59.0. The summed E-state index contributed by atoms with van der Waals surface area (Å²) >= 11 is 0.